The number of urea groups is 1. The van der Waals surface area contributed by atoms with E-state index in [1.807, 2.05) is 0 Å². The van der Waals surface area contributed by atoms with Crippen molar-refractivity contribution in [2.24, 2.45) is 5.92 Å². The number of carboxylic acids is 2. The highest BCUT2D eigenvalue weighted by Gasteiger charge is 2.26. The molecular formula is C11H18N2O5. The third-order valence-corrected chi connectivity index (χ3v) is 2.96. The average molecular weight is 258 g/mol. The molecule has 0 aromatic heterocycles. The lowest BCUT2D eigenvalue weighted by atomic mass is 10.1. The van der Waals surface area contributed by atoms with E-state index in [1.54, 1.807) is 0 Å². The lowest BCUT2D eigenvalue weighted by Crippen LogP contribution is -2.48. The lowest BCUT2D eigenvalue weighted by Gasteiger charge is -2.22. The summed E-state index contributed by atoms with van der Waals surface area (Å²) in [5.41, 5.74) is 0. The molecule has 1 fully saturated rings. The van der Waals surface area contributed by atoms with Crippen LogP contribution in [0.4, 0.5) is 4.79 Å². The number of carbonyl (C=O) groups is 3. The molecule has 7 nitrogen and oxygen atoms in total. The van der Waals surface area contributed by atoms with Crippen molar-refractivity contribution < 1.29 is 24.6 Å². The molecule has 0 bridgehead atoms. The van der Waals surface area contributed by atoms with Gasteiger partial charge in [-0.25, -0.2) is 4.79 Å². The van der Waals surface area contributed by atoms with Gasteiger partial charge in [-0.15, -0.1) is 0 Å². The topological polar surface area (TPSA) is 107 Å². The molecule has 0 aromatic carbocycles. The van der Waals surface area contributed by atoms with E-state index in [4.69, 9.17) is 10.2 Å². The van der Waals surface area contributed by atoms with Crippen molar-refractivity contribution in [2.45, 2.75) is 32.2 Å². The van der Waals surface area contributed by atoms with Gasteiger partial charge in [0.2, 0.25) is 0 Å². The van der Waals surface area contributed by atoms with Gasteiger partial charge in [-0.3, -0.25) is 9.59 Å². The van der Waals surface area contributed by atoms with Crippen LogP contribution in [0.3, 0.4) is 0 Å². The molecule has 3 N–H and O–H groups in total. The van der Waals surface area contributed by atoms with Crippen molar-refractivity contribution >= 4 is 18.0 Å². The smallest absolute Gasteiger partial charge is 0.323 e. The van der Waals surface area contributed by atoms with Gasteiger partial charge in [0.05, 0.1) is 0 Å². The first-order valence-corrected chi connectivity index (χ1v) is 5.87. The molecule has 0 aliphatic heterocycles. The summed E-state index contributed by atoms with van der Waals surface area (Å²) in [4.78, 5) is 33.7. The van der Waals surface area contributed by atoms with E-state index in [-0.39, 0.29) is 6.04 Å². The Morgan fingerprint density at radius 2 is 1.72 bits per heavy atom. The largest absolute Gasteiger partial charge is 0.480 e. The molecule has 2 amide bonds. The van der Waals surface area contributed by atoms with Crippen molar-refractivity contribution in [1.29, 1.82) is 0 Å². The molecule has 102 valence electrons. The maximum Gasteiger partial charge on any atom is 0.323 e. The van der Waals surface area contributed by atoms with Crippen molar-refractivity contribution in [3.05, 3.63) is 0 Å². The quantitative estimate of drug-likeness (QED) is 0.659. The summed E-state index contributed by atoms with van der Waals surface area (Å²) in [6.07, 6.45) is 2.71. The van der Waals surface area contributed by atoms with Crippen molar-refractivity contribution in [3.8, 4) is 0 Å². The van der Waals surface area contributed by atoms with Gasteiger partial charge >= 0.3 is 18.0 Å². The van der Waals surface area contributed by atoms with E-state index in [0.717, 1.165) is 24.2 Å². The minimum atomic E-state index is -1.23. The number of nitrogens with zero attached hydrogens (tertiary/aromatic N) is 1. The van der Waals surface area contributed by atoms with E-state index in [0.29, 0.717) is 5.92 Å². The van der Waals surface area contributed by atoms with Crippen LogP contribution < -0.4 is 5.32 Å². The first kappa shape index (κ1) is 14.3. The zero-order valence-electron chi connectivity index (χ0n) is 10.3. The van der Waals surface area contributed by atoms with Gasteiger partial charge in [-0.1, -0.05) is 6.92 Å². The predicted octanol–water partition coefficient (Wildman–Crippen LogP) is 0.356. The standard InChI is InChI=1S/C11H18N2O5/c1-7-2-3-8(4-7)12-11(18)13(5-9(14)15)6-10(16)17/h7-8H,2-6H2,1H3,(H,12,18)(H,14,15)(H,16,17). The molecule has 18 heavy (non-hydrogen) atoms. The zero-order chi connectivity index (χ0) is 13.7. The molecule has 2 atom stereocenters. The van der Waals surface area contributed by atoms with E-state index in [2.05, 4.69) is 12.2 Å². The Labute approximate surface area is 105 Å². The summed E-state index contributed by atoms with van der Waals surface area (Å²) in [6, 6.07) is -0.614. The third-order valence-electron chi connectivity index (χ3n) is 2.96. The highest BCUT2D eigenvalue weighted by Crippen LogP contribution is 2.24. The van der Waals surface area contributed by atoms with Crippen LogP contribution in [0.25, 0.3) is 0 Å². The molecule has 0 saturated heterocycles. The van der Waals surface area contributed by atoms with Crippen LogP contribution in [-0.2, 0) is 9.59 Å². The predicted molar refractivity (Wildman–Crippen MR) is 62.2 cm³/mol. The Hall–Kier alpha value is -1.79. The molecular weight excluding hydrogens is 240 g/mol. The Kier molecular flexibility index (Phi) is 4.94. The van der Waals surface area contributed by atoms with Gasteiger partial charge in [-0.2, -0.15) is 0 Å². The fourth-order valence-corrected chi connectivity index (χ4v) is 2.13. The van der Waals surface area contributed by atoms with Crippen LogP contribution >= 0.6 is 0 Å². The highest BCUT2D eigenvalue weighted by atomic mass is 16.4. The molecule has 0 radical (unpaired) electrons. The average Bonchev–Trinajstić information content (AvgIpc) is 2.61. The minimum absolute atomic E-state index is 0.0117. The molecule has 0 spiro atoms. The SMILES string of the molecule is CC1CCC(NC(=O)N(CC(=O)O)CC(=O)O)C1. The van der Waals surface area contributed by atoms with Gasteiger partial charge in [0, 0.05) is 6.04 Å². The number of amides is 2. The van der Waals surface area contributed by atoms with Crippen molar-refractivity contribution in [2.75, 3.05) is 13.1 Å². The third kappa shape index (κ3) is 4.60. The van der Waals surface area contributed by atoms with Crippen LogP contribution in [0.2, 0.25) is 0 Å². The summed E-state index contributed by atoms with van der Waals surface area (Å²) in [6.45, 7) is 0.860. The summed E-state index contributed by atoms with van der Waals surface area (Å²) < 4.78 is 0. The van der Waals surface area contributed by atoms with Crippen molar-refractivity contribution in [3.63, 3.8) is 0 Å². The lowest BCUT2D eigenvalue weighted by molar-refractivity contribution is -0.140. The fraction of sp³-hybridized carbons (Fsp3) is 0.727. The number of aliphatic carboxylic acids is 2. The minimum Gasteiger partial charge on any atom is -0.480 e. The molecule has 1 rings (SSSR count). The first-order valence-electron chi connectivity index (χ1n) is 5.87. The summed E-state index contributed by atoms with van der Waals surface area (Å²) in [5, 5.41) is 19.9. The molecule has 0 heterocycles. The Morgan fingerprint density at radius 3 is 2.11 bits per heavy atom. The highest BCUT2D eigenvalue weighted by molar-refractivity contribution is 5.84. The van der Waals surface area contributed by atoms with Crippen LogP contribution in [0.5, 0.6) is 0 Å². The van der Waals surface area contributed by atoms with E-state index in [9.17, 15) is 14.4 Å². The van der Waals surface area contributed by atoms with Crippen LogP contribution in [0.15, 0.2) is 0 Å². The van der Waals surface area contributed by atoms with Crippen LogP contribution in [-0.4, -0.2) is 52.2 Å². The molecule has 1 aliphatic carbocycles. The Morgan fingerprint density at radius 1 is 1.17 bits per heavy atom. The van der Waals surface area contributed by atoms with Crippen molar-refractivity contribution in [1.82, 2.24) is 10.2 Å². The summed E-state index contributed by atoms with van der Waals surface area (Å²) >= 11 is 0. The Balaban J connectivity index is 2.52. The first-order chi connectivity index (χ1) is 8.38. The number of hydrogen-bond donors (Lipinski definition) is 3. The number of carbonyl (C=O) groups excluding carboxylic acids is 1. The Bertz CT molecular complexity index is 328. The number of rotatable bonds is 5. The van der Waals surface area contributed by atoms with Gasteiger partial charge in [0.15, 0.2) is 0 Å². The number of hydrogen-bond acceptors (Lipinski definition) is 3. The van der Waals surface area contributed by atoms with Gasteiger partial charge in [0.25, 0.3) is 0 Å². The summed E-state index contributed by atoms with van der Waals surface area (Å²) in [5.74, 6) is -1.93. The molecule has 1 aliphatic rings. The monoisotopic (exact) mass is 258 g/mol. The molecule has 0 aromatic rings. The van der Waals surface area contributed by atoms with Crippen LogP contribution in [0.1, 0.15) is 26.2 Å². The van der Waals surface area contributed by atoms with E-state index < -0.39 is 31.1 Å². The molecule has 7 heteroatoms. The second-order valence-corrected chi connectivity index (χ2v) is 4.71. The summed E-state index contributed by atoms with van der Waals surface area (Å²) in [7, 11) is 0. The number of carboxylic acid groups (broad SMARTS) is 2. The van der Waals surface area contributed by atoms with E-state index >= 15 is 0 Å². The maximum absolute atomic E-state index is 11.8. The second-order valence-electron chi connectivity index (χ2n) is 4.71. The maximum atomic E-state index is 11.8. The van der Waals surface area contributed by atoms with E-state index in [1.165, 1.54) is 0 Å². The molecule has 2 unspecified atom stereocenters. The second kappa shape index (κ2) is 6.23. The number of nitrogens with one attached hydrogen (secondary N) is 1. The molecule has 1 saturated carbocycles. The van der Waals surface area contributed by atoms with Gasteiger partial charge in [-0.05, 0) is 25.2 Å². The fourth-order valence-electron chi connectivity index (χ4n) is 2.13. The van der Waals surface area contributed by atoms with Gasteiger partial charge in [0.1, 0.15) is 13.1 Å². The zero-order valence-corrected chi connectivity index (χ0v) is 10.3. The van der Waals surface area contributed by atoms with Gasteiger partial charge < -0.3 is 20.4 Å². The van der Waals surface area contributed by atoms with Crippen LogP contribution in [0, 0.1) is 5.92 Å². The normalized spacial score (nSPS) is 22.5.